The number of anilines is 1. The third-order valence-corrected chi connectivity index (χ3v) is 3.55. The van der Waals surface area contributed by atoms with Gasteiger partial charge in [0.15, 0.2) is 0 Å². The Morgan fingerprint density at radius 3 is 2.62 bits per heavy atom. The largest absolute Gasteiger partial charge is 0.371 e. The molecule has 21 heavy (non-hydrogen) atoms. The highest BCUT2D eigenvalue weighted by Crippen LogP contribution is 2.28. The summed E-state index contributed by atoms with van der Waals surface area (Å²) in [5.41, 5.74) is 1.14. The second kappa shape index (κ2) is 6.56. The Morgan fingerprint density at radius 1 is 1.38 bits per heavy atom. The molecule has 0 aromatic heterocycles. The van der Waals surface area contributed by atoms with Crippen molar-refractivity contribution in [2.24, 2.45) is 5.92 Å². The molecule has 1 amide bonds. The summed E-state index contributed by atoms with van der Waals surface area (Å²) in [6, 6.07) is 4.53. The average molecular weight is 291 g/mol. The maximum Gasteiger partial charge on any atom is 0.270 e. The second-order valence-electron chi connectivity index (χ2n) is 5.76. The lowest BCUT2D eigenvalue weighted by molar-refractivity contribution is -0.384. The van der Waals surface area contributed by atoms with Crippen molar-refractivity contribution >= 4 is 17.3 Å². The highest BCUT2D eigenvalue weighted by Gasteiger charge is 2.22. The van der Waals surface area contributed by atoms with Gasteiger partial charge < -0.3 is 10.2 Å². The van der Waals surface area contributed by atoms with Crippen molar-refractivity contribution in [2.45, 2.75) is 26.7 Å². The summed E-state index contributed by atoms with van der Waals surface area (Å²) in [5.74, 6) is 0.0946. The monoisotopic (exact) mass is 291 g/mol. The van der Waals surface area contributed by atoms with Crippen LogP contribution in [-0.4, -0.2) is 30.5 Å². The molecule has 0 bridgehead atoms. The van der Waals surface area contributed by atoms with Crippen molar-refractivity contribution < 1.29 is 9.72 Å². The smallest absolute Gasteiger partial charge is 0.270 e. The summed E-state index contributed by atoms with van der Waals surface area (Å²) >= 11 is 0. The number of hydrogen-bond acceptors (Lipinski definition) is 4. The van der Waals surface area contributed by atoms with Crippen molar-refractivity contribution in [1.29, 1.82) is 0 Å². The summed E-state index contributed by atoms with van der Waals surface area (Å²) in [5, 5.41) is 13.8. The molecule has 1 heterocycles. The zero-order valence-corrected chi connectivity index (χ0v) is 12.5. The molecule has 1 N–H and O–H groups in total. The van der Waals surface area contributed by atoms with Gasteiger partial charge in [-0.1, -0.05) is 13.8 Å². The topological polar surface area (TPSA) is 75.5 Å². The van der Waals surface area contributed by atoms with Gasteiger partial charge >= 0.3 is 0 Å². The molecular formula is C15H21N3O3. The van der Waals surface area contributed by atoms with E-state index in [1.54, 1.807) is 6.07 Å². The summed E-state index contributed by atoms with van der Waals surface area (Å²) in [6.45, 7) is 6.36. The number of hydrogen-bond donors (Lipinski definition) is 1. The molecule has 1 fully saturated rings. The Labute approximate surface area is 124 Å². The lowest BCUT2D eigenvalue weighted by Gasteiger charge is -2.21. The number of amides is 1. The molecule has 1 aliphatic heterocycles. The standard InChI is InChI=1S/C15H21N3O3/c1-11(2)10-16-15(19)13-9-12(18(20)21)5-6-14(13)17-7-3-4-8-17/h5-6,9,11H,3-4,7-8,10H2,1-2H3,(H,16,19). The maximum atomic E-state index is 12.3. The number of non-ortho nitro benzene ring substituents is 1. The SMILES string of the molecule is CC(C)CNC(=O)c1cc([N+](=O)[O-])ccc1N1CCCC1. The van der Waals surface area contributed by atoms with E-state index in [1.165, 1.54) is 12.1 Å². The molecule has 0 spiro atoms. The fourth-order valence-electron chi connectivity index (χ4n) is 2.45. The molecule has 114 valence electrons. The molecule has 6 nitrogen and oxygen atoms in total. The van der Waals surface area contributed by atoms with Crippen molar-refractivity contribution in [1.82, 2.24) is 5.32 Å². The Balaban J connectivity index is 2.31. The summed E-state index contributed by atoms with van der Waals surface area (Å²) in [4.78, 5) is 24.9. The minimum atomic E-state index is -0.465. The van der Waals surface area contributed by atoms with Gasteiger partial charge in [-0.15, -0.1) is 0 Å². The van der Waals surface area contributed by atoms with Crippen LogP contribution in [0.5, 0.6) is 0 Å². The molecule has 6 heteroatoms. The van der Waals surface area contributed by atoms with E-state index in [-0.39, 0.29) is 11.6 Å². The van der Waals surface area contributed by atoms with Crippen molar-refractivity contribution in [3.63, 3.8) is 0 Å². The van der Waals surface area contributed by atoms with Crippen LogP contribution < -0.4 is 10.2 Å². The van der Waals surface area contributed by atoms with Crippen molar-refractivity contribution in [3.05, 3.63) is 33.9 Å². The van der Waals surface area contributed by atoms with E-state index in [9.17, 15) is 14.9 Å². The Morgan fingerprint density at radius 2 is 2.05 bits per heavy atom. The molecule has 1 saturated heterocycles. The highest BCUT2D eigenvalue weighted by atomic mass is 16.6. The minimum absolute atomic E-state index is 0.0485. The lowest BCUT2D eigenvalue weighted by atomic mass is 10.1. The predicted molar refractivity (Wildman–Crippen MR) is 81.7 cm³/mol. The Hall–Kier alpha value is -2.11. The van der Waals surface area contributed by atoms with E-state index in [0.717, 1.165) is 31.6 Å². The number of rotatable bonds is 5. The van der Waals surface area contributed by atoms with E-state index in [1.807, 2.05) is 13.8 Å². The van der Waals surface area contributed by atoms with Crippen LogP contribution in [0.25, 0.3) is 0 Å². The molecule has 0 unspecified atom stereocenters. The molecule has 1 aromatic rings. The van der Waals surface area contributed by atoms with E-state index in [0.29, 0.717) is 18.0 Å². The number of nitro benzene ring substituents is 1. The van der Waals surface area contributed by atoms with Crippen LogP contribution in [0.3, 0.4) is 0 Å². The molecule has 1 aliphatic rings. The first-order valence-electron chi connectivity index (χ1n) is 7.30. The Kier molecular flexibility index (Phi) is 4.77. The van der Waals surface area contributed by atoms with Gasteiger partial charge in [-0.2, -0.15) is 0 Å². The van der Waals surface area contributed by atoms with Crippen LogP contribution in [0.2, 0.25) is 0 Å². The van der Waals surface area contributed by atoms with Crippen LogP contribution in [0.15, 0.2) is 18.2 Å². The number of nitro groups is 1. The number of nitrogens with zero attached hydrogens (tertiary/aromatic N) is 2. The van der Waals surface area contributed by atoms with Crippen LogP contribution >= 0.6 is 0 Å². The molecule has 2 rings (SSSR count). The van der Waals surface area contributed by atoms with E-state index < -0.39 is 4.92 Å². The van der Waals surface area contributed by atoms with Gasteiger partial charge in [0.05, 0.1) is 16.2 Å². The van der Waals surface area contributed by atoms with Gasteiger partial charge in [-0.05, 0) is 24.8 Å². The first-order chi connectivity index (χ1) is 9.99. The molecule has 0 saturated carbocycles. The fourth-order valence-corrected chi connectivity index (χ4v) is 2.45. The molecule has 1 aromatic carbocycles. The van der Waals surface area contributed by atoms with Gasteiger partial charge in [0.2, 0.25) is 0 Å². The van der Waals surface area contributed by atoms with E-state index in [4.69, 9.17) is 0 Å². The summed E-state index contributed by atoms with van der Waals surface area (Å²) in [6.07, 6.45) is 2.17. The number of carbonyl (C=O) groups excluding carboxylic acids is 1. The van der Waals surface area contributed by atoms with Crippen LogP contribution in [0, 0.1) is 16.0 Å². The van der Waals surface area contributed by atoms with Crippen molar-refractivity contribution in [2.75, 3.05) is 24.5 Å². The van der Waals surface area contributed by atoms with Gasteiger partial charge in [-0.3, -0.25) is 14.9 Å². The van der Waals surface area contributed by atoms with E-state index in [2.05, 4.69) is 10.2 Å². The average Bonchev–Trinajstić information content (AvgIpc) is 2.98. The van der Waals surface area contributed by atoms with E-state index >= 15 is 0 Å². The first kappa shape index (κ1) is 15.3. The van der Waals surface area contributed by atoms with Gasteiger partial charge in [-0.25, -0.2) is 0 Å². The zero-order chi connectivity index (χ0) is 15.4. The van der Waals surface area contributed by atoms with Crippen LogP contribution in [0.1, 0.15) is 37.0 Å². The molecule has 0 radical (unpaired) electrons. The number of benzene rings is 1. The van der Waals surface area contributed by atoms with Crippen LogP contribution in [0.4, 0.5) is 11.4 Å². The number of carbonyl (C=O) groups is 1. The maximum absolute atomic E-state index is 12.3. The summed E-state index contributed by atoms with van der Waals surface area (Å²) < 4.78 is 0. The minimum Gasteiger partial charge on any atom is -0.371 e. The van der Waals surface area contributed by atoms with Gasteiger partial charge in [0, 0.05) is 31.8 Å². The van der Waals surface area contributed by atoms with Gasteiger partial charge in [0.25, 0.3) is 11.6 Å². The second-order valence-corrected chi connectivity index (χ2v) is 5.76. The Bertz CT molecular complexity index is 537. The van der Waals surface area contributed by atoms with Crippen LogP contribution in [-0.2, 0) is 0 Å². The van der Waals surface area contributed by atoms with Crippen molar-refractivity contribution in [3.8, 4) is 0 Å². The zero-order valence-electron chi connectivity index (χ0n) is 12.5. The lowest BCUT2D eigenvalue weighted by Crippen LogP contribution is -2.30. The fraction of sp³-hybridized carbons (Fsp3) is 0.533. The third-order valence-electron chi connectivity index (χ3n) is 3.55. The molecular weight excluding hydrogens is 270 g/mol. The van der Waals surface area contributed by atoms with Gasteiger partial charge in [0.1, 0.15) is 0 Å². The number of nitrogens with one attached hydrogen (secondary N) is 1. The molecule has 0 aliphatic carbocycles. The third kappa shape index (κ3) is 3.71. The predicted octanol–water partition coefficient (Wildman–Crippen LogP) is 2.58. The quantitative estimate of drug-likeness (QED) is 0.668. The first-order valence-corrected chi connectivity index (χ1v) is 7.30. The molecule has 0 atom stereocenters. The normalized spacial score (nSPS) is 14.5. The summed E-state index contributed by atoms with van der Waals surface area (Å²) in [7, 11) is 0. The highest BCUT2D eigenvalue weighted by molar-refractivity contribution is 6.00.